The Morgan fingerprint density at radius 2 is 1.86 bits per heavy atom. The van der Waals surface area contributed by atoms with Crippen LogP contribution < -0.4 is 0 Å². The fourth-order valence-corrected chi connectivity index (χ4v) is 1.98. The maximum atomic E-state index is 14.2. The highest BCUT2D eigenvalue weighted by Crippen LogP contribution is 2.31. The number of aromatic nitrogens is 3. The number of halogens is 4. The molecule has 7 heteroatoms. The van der Waals surface area contributed by atoms with Gasteiger partial charge in [0, 0.05) is 11.8 Å². The van der Waals surface area contributed by atoms with Crippen molar-refractivity contribution in [2.75, 3.05) is 0 Å². The highest BCUT2D eigenvalue weighted by Gasteiger charge is 2.33. The first-order valence-corrected chi connectivity index (χ1v) is 6.20. The van der Waals surface area contributed by atoms with E-state index in [4.69, 9.17) is 0 Å². The van der Waals surface area contributed by atoms with Gasteiger partial charge in [-0.3, -0.25) is 4.98 Å². The lowest BCUT2D eigenvalue weighted by molar-refractivity contribution is -0.140. The number of nitrogens with one attached hydrogen (secondary N) is 1. The molecule has 3 rings (SSSR count). The Morgan fingerprint density at radius 1 is 1.05 bits per heavy atom. The van der Waals surface area contributed by atoms with Gasteiger partial charge in [-0.05, 0) is 23.8 Å². The number of H-pyrrole nitrogens is 1. The second-order valence-corrected chi connectivity index (χ2v) is 4.51. The average molecular weight is 306 g/mol. The molecule has 0 saturated carbocycles. The number of imidazole rings is 1. The minimum atomic E-state index is -4.55. The summed E-state index contributed by atoms with van der Waals surface area (Å²) in [5.74, 6) is -0.843. The molecule has 0 atom stereocenters. The summed E-state index contributed by atoms with van der Waals surface area (Å²) in [5.41, 5.74) is 0.188. The molecule has 0 aliphatic rings. The summed E-state index contributed by atoms with van der Waals surface area (Å²) in [4.78, 5) is 9.47. The largest absolute Gasteiger partial charge is 0.432 e. The maximum Gasteiger partial charge on any atom is 0.432 e. The van der Waals surface area contributed by atoms with Gasteiger partial charge in [0.1, 0.15) is 17.3 Å². The minimum absolute atomic E-state index is 0.0327. The van der Waals surface area contributed by atoms with Crippen molar-refractivity contribution >= 4 is 0 Å². The van der Waals surface area contributed by atoms with Crippen molar-refractivity contribution in [1.29, 1.82) is 0 Å². The van der Waals surface area contributed by atoms with Crippen LogP contribution in [0.5, 0.6) is 0 Å². The van der Waals surface area contributed by atoms with Crippen LogP contribution in [0.2, 0.25) is 0 Å². The molecule has 22 heavy (non-hydrogen) atoms. The Bertz CT molecular complexity index is 794. The van der Waals surface area contributed by atoms with Crippen molar-refractivity contribution < 1.29 is 17.6 Å². The third-order valence-electron chi connectivity index (χ3n) is 3.05. The molecule has 0 spiro atoms. The Morgan fingerprint density at radius 3 is 2.45 bits per heavy atom. The van der Waals surface area contributed by atoms with Gasteiger partial charge >= 0.3 is 6.18 Å². The highest BCUT2D eigenvalue weighted by atomic mass is 19.4. The predicted octanol–water partition coefficient (Wildman–Crippen LogP) is 4.10. The number of aromatic amines is 1. The van der Waals surface area contributed by atoms with E-state index in [1.165, 1.54) is 18.3 Å². The standard InChI is InChI=1S/C15H8F4N3/c16-12-6-9(10-2-1-5-20-7-10)3-4-11(12)14-21-8-13(22-14)15(17,18)19/h1-4,6-8H,(H,21,22). The molecular formula is C15H8F4N3. The predicted molar refractivity (Wildman–Crippen MR) is 71.1 cm³/mol. The fraction of sp³-hybridized carbons (Fsp3) is 0.0667. The fourth-order valence-electron chi connectivity index (χ4n) is 1.98. The van der Waals surface area contributed by atoms with Crippen LogP contribution in [0.4, 0.5) is 17.6 Å². The van der Waals surface area contributed by atoms with Gasteiger partial charge in [0.05, 0.1) is 18.0 Å². The van der Waals surface area contributed by atoms with Gasteiger partial charge in [0.2, 0.25) is 0 Å². The van der Waals surface area contributed by atoms with Gasteiger partial charge < -0.3 is 4.98 Å². The van der Waals surface area contributed by atoms with Crippen LogP contribution in [0.3, 0.4) is 0 Å². The number of pyridine rings is 1. The SMILES string of the molecule is Fc1cc(-c2cc[c]nc2)ccc1-c1ncc(C(F)(F)F)[nH]1. The van der Waals surface area contributed by atoms with Gasteiger partial charge in [0.15, 0.2) is 0 Å². The van der Waals surface area contributed by atoms with E-state index in [-0.39, 0.29) is 11.4 Å². The van der Waals surface area contributed by atoms with E-state index in [1.54, 1.807) is 18.2 Å². The average Bonchev–Trinajstić information content (AvgIpc) is 2.98. The topological polar surface area (TPSA) is 41.6 Å². The van der Waals surface area contributed by atoms with E-state index in [2.05, 4.69) is 21.1 Å². The van der Waals surface area contributed by atoms with Gasteiger partial charge in [-0.1, -0.05) is 12.1 Å². The second kappa shape index (κ2) is 5.25. The van der Waals surface area contributed by atoms with Crippen molar-refractivity contribution in [2.24, 2.45) is 0 Å². The summed E-state index contributed by atoms with van der Waals surface area (Å²) < 4.78 is 51.7. The molecule has 0 aliphatic heterocycles. The molecule has 1 radical (unpaired) electrons. The summed E-state index contributed by atoms with van der Waals surface area (Å²) in [6.07, 6.45) is 0.214. The number of benzene rings is 1. The third-order valence-corrected chi connectivity index (χ3v) is 3.05. The number of rotatable bonds is 2. The summed E-state index contributed by atoms with van der Waals surface area (Å²) in [7, 11) is 0. The van der Waals surface area contributed by atoms with Crippen LogP contribution in [0.15, 0.2) is 42.7 Å². The normalized spacial score (nSPS) is 11.6. The number of nitrogens with zero attached hydrogens (tertiary/aromatic N) is 2. The molecule has 0 aliphatic carbocycles. The van der Waals surface area contributed by atoms with E-state index in [0.717, 1.165) is 0 Å². The zero-order valence-corrected chi connectivity index (χ0v) is 10.9. The smallest absolute Gasteiger partial charge is 0.334 e. The first kappa shape index (κ1) is 14.2. The quantitative estimate of drug-likeness (QED) is 0.724. The van der Waals surface area contributed by atoms with Crippen LogP contribution in [0.1, 0.15) is 5.69 Å². The van der Waals surface area contributed by atoms with E-state index in [9.17, 15) is 17.6 Å². The molecule has 0 unspecified atom stereocenters. The lowest BCUT2D eigenvalue weighted by Gasteiger charge is -2.05. The highest BCUT2D eigenvalue weighted by molar-refractivity contribution is 5.67. The second-order valence-electron chi connectivity index (χ2n) is 4.51. The van der Waals surface area contributed by atoms with Gasteiger partial charge in [-0.15, -0.1) is 0 Å². The molecule has 0 saturated heterocycles. The molecule has 111 valence electrons. The van der Waals surface area contributed by atoms with Crippen molar-refractivity contribution in [3.05, 3.63) is 60.4 Å². The Labute approximate surface area is 122 Å². The lowest BCUT2D eigenvalue weighted by Crippen LogP contribution is -2.04. The molecule has 0 bridgehead atoms. The number of hydrogen-bond acceptors (Lipinski definition) is 2. The zero-order chi connectivity index (χ0) is 15.7. The molecule has 1 aromatic carbocycles. The van der Waals surface area contributed by atoms with Gasteiger partial charge in [-0.25, -0.2) is 9.37 Å². The summed E-state index contributed by atoms with van der Waals surface area (Å²) in [6, 6.07) is 7.48. The van der Waals surface area contributed by atoms with E-state index < -0.39 is 17.7 Å². The Balaban J connectivity index is 1.98. The van der Waals surface area contributed by atoms with E-state index >= 15 is 0 Å². The first-order valence-electron chi connectivity index (χ1n) is 6.20. The Kier molecular flexibility index (Phi) is 3.40. The molecule has 1 N–H and O–H groups in total. The summed E-state index contributed by atoms with van der Waals surface area (Å²) in [5, 5.41) is 0. The van der Waals surface area contributed by atoms with Crippen LogP contribution in [-0.4, -0.2) is 15.0 Å². The van der Waals surface area contributed by atoms with Crippen LogP contribution in [0, 0.1) is 12.0 Å². The summed E-state index contributed by atoms with van der Waals surface area (Å²) in [6.45, 7) is 0. The van der Waals surface area contributed by atoms with Gasteiger partial charge in [0.25, 0.3) is 0 Å². The van der Waals surface area contributed by atoms with E-state index in [0.29, 0.717) is 17.3 Å². The monoisotopic (exact) mass is 306 g/mol. The molecule has 3 aromatic rings. The van der Waals surface area contributed by atoms with Crippen LogP contribution >= 0.6 is 0 Å². The molecule has 2 heterocycles. The van der Waals surface area contributed by atoms with Crippen LogP contribution in [-0.2, 0) is 6.18 Å². The van der Waals surface area contributed by atoms with Crippen molar-refractivity contribution in [1.82, 2.24) is 15.0 Å². The molecule has 0 fully saturated rings. The van der Waals surface area contributed by atoms with Crippen molar-refractivity contribution in [2.45, 2.75) is 6.18 Å². The molecule has 3 nitrogen and oxygen atoms in total. The lowest BCUT2D eigenvalue weighted by atomic mass is 10.0. The van der Waals surface area contributed by atoms with Crippen molar-refractivity contribution in [3.8, 4) is 22.5 Å². The van der Waals surface area contributed by atoms with Crippen molar-refractivity contribution in [3.63, 3.8) is 0 Å². The number of alkyl halides is 3. The zero-order valence-electron chi connectivity index (χ0n) is 10.9. The maximum absolute atomic E-state index is 14.2. The minimum Gasteiger partial charge on any atom is -0.334 e. The van der Waals surface area contributed by atoms with Gasteiger partial charge in [-0.2, -0.15) is 13.2 Å². The van der Waals surface area contributed by atoms with Crippen LogP contribution in [0.25, 0.3) is 22.5 Å². The summed E-state index contributed by atoms with van der Waals surface area (Å²) >= 11 is 0. The molecule has 0 amide bonds. The first-order chi connectivity index (χ1) is 10.4. The third kappa shape index (κ3) is 2.69. The Hall–Kier alpha value is -2.70. The molecule has 2 aromatic heterocycles. The van der Waals surface area contributed by atoms with E-state index in [1.807, 2.05) is 0 Å². The number of hydrogen-bond donors (Lipinski definition) is 1. The molecular weight excluding hydrogens is 298 g/mol.